The Kier molecular flexibility index (Phi) is 6.77. The van der Waals surface area contributed by atoms with Crippen molar-refractivity contribution in [2.24, 2.45) is 5.92 Å². The molecule has 5 heteroatoms. The van der Waals surface area contributed by atoms with Crippen LogP contribution in [0.4, 0.5) is 0 Å². The predicted octanol–water partition coefficient (Wildman–Crippen LogP) is 4.74. The molecule has 0 spiro atoms. The van der Waals surface area contributed by atoms with E-state index in [1.807, 2.05) is 24.3 Å². The third-order valence-corrected chi connectivity index (χ3v) is 4.44. The third kappa shape index (κ3) is 5.47. The molecule has 0 amide bonds. The van der Waals surface area contributed by atoms with Crippen molar-refractivity contribution in [1.82, 2.24) is 5.32 Å². The van der Waals surface area contributed by atoms with Gasteiger partial charge in [0.05, 0.1) is 17.2 Å². The second-order valence-electron chi connectivity index (χ2n) is 5.34. The molecule has 116 valence electrons. The van der Waals surface area contributed by atoms with E-state index in [-0.39, 0.29) is 6.04 Å². The van der Waals surface area contributed by atoms with Crippen molar-refractivity contribution in [2.75, 3.05) is 19.8 Å². The Bertz CT molecular complexity index is 510. The average molecular weight is 328 g/mol. The predicted molar refractivity (Wildman–Crippen MR) is 88.2 cm³/mol. The van der Waals surface area contributed by atoms with Crippen LogP contribution in [-0.4, -0.2) is 19.8 Å². The first-order chi connectivity index (χ1) is 10.2. The molecule has 2 heterocycles. The molecule has 1 unspecified atom stereocenters. The third-order valence-electron chi connectivity index (χ3n) is 3.14. The second kappa shape index (κ2) is 8.59. The topological polar surface area (TPSA) is 34.4 Å². The zero-order valence-corrected chi connectivity index (χ0v) is 14.0. The summed E-state index contributed by atoms with van der Waals surface area (Å²) in [5.74, 6) is 1.58. The van der Waals surface area contributed by atoms with E-state index in [4.69, 9.17) is 20.8 Å². The van der Waals surface area contributed by atoms with Gasteiger partial charge in [0, 0.05) is 18.0 Å². The van der Waals surface area contributed by atoms with Crippen LogP contribution in [0.3, 0.4) is 0 Å². The van der Waals surface area contributed by atoms with E-state index in [1.54, 1.807) is 17.6 Å². The maximum Gasteiger partial charge on any atom is 0.126 e. The normalized spacial score (nSPS) is 13.0. The fourth-order valence-corrected chi connectivity index (χ4v) is 3.12. The highest BCUT2D eigenvalue weighted by molar-refractivity contribution is 7.16. The van der Waals surface area contributed by atoms with Gasteiger partial charge >= 0.3 is 0 Å². The van der Waals surface area contributed by atoms with Crippen LogP contribution >= 0.6 is 22.9 Å². The van der Waals surface area contributed by atoms with Gasteiger partial charge in [-0.15, -0.1) is 11.3 Å². The smallest absolute Gasteiger partial charge is 0.126 e. The highest BCUT2D eigenvalue weighted by Gasteiger charge is 2.18. The molecule has 1 atom stereocenters. The number of hydrogen-bond donors (Lipinski definition) is 1. The lowest BCUT2D eigenvalue weighted by molar-refractivity contribution is 0.123. The van der Waals surface area contributed by atoms with Gasteiger partial charge in [-0.05, 0) is 36.6 Å². The molecular formula is C16H22ClNO2S. The molecule has 0 radical (unpaired) electrons. The summed E-state index contributed by atoms with van der Waals surface area (Å²) in [4.78, 5) is 1.15. The number of furan rings is 1. The van der Waals surface area contributed by atoms with Gasteiger partial charge in [0.2, 0.25) is 0 Å². The number of ether oxygens (including phenoxy) is 1. The number of nitrogens with one attached hydrogen (secondary N) is 1. The van der Waals surface area contributed by atoms with Crippen LogP contribution in [-0.2, 0) is 4.74 Å². The lowest BCUT2D eigenvalue weighted by atomic mass is 10.1. The van der Waals surface area contributed by atoms with Crippen LogP contribution in [0.5, 0.6) is 0 Å². The molecule has 0 aliphatic carbocycles. The first kappa shape index (κ1) is 16.6. The number of thiophene rings is 1. The van der Waals surface area contributed by atoms with Crippen molar-refractivity contribution < 1.29 is 9.15 Å². The minimum atomic E-state index is 0.0335. The minimum Gasteiger partial charge on any atom is -0.467 e. The van der Waals surface area contributed by atoms with Crippen LogP contribution in [0.1, 0.15) is 36.9 Å². The Hall–Kier alpha value is -0.810. The molecule has 1 N–H and O–H groups in total. The zero-order chi connectivity index (χ0) is 15.1. The molecule has 2 aromatic heterocycles. The monoisotopic (exact) mass is 327 g/mol. The lowest BCUT2D eigenvalue weighted by Gasteiger charge is -2.15. The summed E-state index contributed by atoms with van der Waals surface area (Å²) < 4.78 is 12.0. The van der Waals surface area contributed by atoms with E-state index >= 15 is 0 Å². The number of halogens is 1. The van der Waals surface area contributed by atoms with Crippen molar-refractivity contribution in [3.63, 3.8) is 0 Å². The molecule has 0 saturated carbocycles. The van der Waals surface area contributed by atoms with Gasteiger partial charge < -0.3 is 14.5 Å². The average Bonchev–Trinajstić information content (AvgIpc) is 3.09. The van der Waals surface area contributed by atoms with Crippen molar-refractivity contribution >= 4 is 22.9 Å². The molecule has 3 nitrogen and oxygen atoms in total. The fourth-order valence-electron chi connectivity index (χ4n) is 1.98. The number of hydrogen-bond acceptors (Lipinski definition) is 4. The van der Waals surface area contributed by atoms with E-state index in [9.17, 15) is 0 Å². The Morgan fingerprint density at radius 2 is 2.14 bits per heavy atom. The molecule has 2 aromatic rings. The van der Waals surface area contributed by atoms with Gasteiger partial charge in [-0.25, -0.2) is 0 Å². The molecule has 0 bridgehead atoms. The first-order valence-electron chi connectivity index (χ1n) is 7.26. The zero-order valence-electron chi connectivity index (χ0n) is 12.5. The van der Waals surface area contributed by atoms with Crippen molar-refractivity contribution in [3.8, 4) is 0 Å². The van der Waals surface area contributed by atoms with Crippen molar-refractivity contribution in [3.05, 3.63) is 45.5 Å². The van der Waals surface area contributed by atoms with E-state index < -0.39 is 0 Å². The summed E-state index contributed by atoms with van der Waals surface area (Å²) in [6.45, 7) is 6.70. The van der Waals surface area contributed by atoms with Gasteiger partial charge in [0.1, 0.15) is 11.8 Å². The van der Waals surface area contributed by atoms with E-state index in [0.717, 1.165) is 34.5 Å². The molecule has 0 fully saturated rings. The first-order valence-corrected chi connectivity index (χ1v) is 8.46. The molecule has 0 aliphatic rings. The van der Waals surface area contributed by atoms with E-state index in [1.165, 1.54) is 0 Å². The maximum absolute atomic E-state index is 6.03. The summed E-state index contributed by atoms with van der Waals surface area (Å²) in [5.41, 5.74) is 0. The maximum atomic E-state index is 6.03. The summed E-state index contributed by atoms with van der Waals surface area (Å²) in [6.07, 6.45) is 2.79. The van der Waals surface area contributed by atoms with Crippen LogP contribution < -0.4 is 5.32 Å². The summed E-state index contributed by atoms with van der Waals surface area (Å²) >= 11 is 7.60. The van der Waals surface area contributed by atoms with Gasteiger partial charge in [-0.1, -0.05) is 25.4 Å². The van der Waals surface area contributed by atoms with Crippen LogP contribution in [0.2, 0.25) is 4.34 Å². The Morgan fingerprint density at radius 3 is 2.76 bits per heavy atom. The Labute approximate surface area is 135 Å². The van der Waals surface area contributed by atoms with Crippen LogP contribution in [0, 0.1) is 5.92 Å². The van der Waals surface area contributed by atoms with Crippen LogP contribution in [0.25, 0.3) is 0 Å². The molecule has 0 aliphatic heterocycles. The molecule has 0 saturated heterocycles. The van der Waals surface area contributed by atoms with Gasteiger partial charge in [-0.3, -0.25) is 0 Å². The Balaban J connectivity index is 1.83. The van der Waals surface area contributed by atoms with Gasteiger partial charge in [0.15, 0.2) is 0 Å². The molecular weight excluding hydrogens is 306 g/mol. The SMILES string of the molecule is CC(C)CCOCCNC(c1ccco1)c1ccc(Cl)s1. The molecule has 21 heavy (non-hydrogen) atoms. The number of rotatable bonds is 9. The quantitative estimate of drug-likeness (QED) is 0.676. The molecule has 0 aromatic carbocycles. The fraction of sp³-hybridized carbons (Fsp3) is 0.500. The summed E-state index contributed by atoms with van der Waals surface area (Å²) in [7, 11) is 0. The van der Waals surface area contributed by atoms with Crippen molar-refractivity contribution in [1.29, 1.82) is 0 Å². The van der Waals surface area contributed by atoms with Gasteiger partial charge in [-0.2, -0.15) is 0 Å². The summed E-state index contributed by atoms with van der Waals surface area (Å²) in [6, 6.07) is 7.86. The Morgan fingerprint density at radius 1 is 1.29 bits per heavy atom. The van der Waals surface area contributed by atoms with E-state index in [2.05, 4.69) is 19.2 Å². The van der Waals surface area contributed by atoms with Crippen molar-refractivity contribution in [2.45, 2.75) is 26.3 Å². The standard InChI is InChI=1S/C16H22ClNO2S/c1-12(2)7-10-19-11-8-18-16(13-4-3-9-20-13)14-5-6-15(17)21-14/h3-6,9,12,16,18H,7-8,10-11H2,1-2H3. The molecule has 2 rings (SSSR count). The van der Waals surface area contributed by atoms with E-state index in [0.29, 0.717) is 12.5 Å². The highest BCUT2D eigenvalue weighted by atomic mass is 35.5. The second-order valence-corrected chi connectivity index (χ2v) is 7.09. The summed E-state index contributed by atoms with van der Waals surface area (Å²) in [5, 5.41) is 3.47. The lowest BCUT2D eigenvalue weighted by Crippen LogP contribution is -2.25. The minimum absolute atomic E-state index is 0.0335. The highest BCUT2D eigenvalue weighted by Crippen LogP contribution is 2.31. The van der Waals surface area contributed by atoms with Gasteiger partial charge in [0.25, 0.3) is 0 Å². The van der Waals surface area contributed by atoms with Crippen LogP contribution in [0.15, 0.2) is 34.9 Å². The largest absolute Gasteiger partial charge is 0.467 e.